The smallest absolute Gasteiger partial charge is 0.0806 e. The maximum absolute atomic E-state index is 2.60. The van der Waals surface area contributed by atoms with Gasteiger partial charge in [0.15, 0.2) is 0 Å². The molecule has 0 spiro atoms. The Morgan fingerprint density at radius 2 is 0.904 bits per heavy atom. The summed E-state index contributed by atoms with van der Waals surface area (Å²) >= 11 is 0. The van der Waals surface area contributed by atoms with Crippen LogP contribution in [0.15, 0.2) is 121 Å². The fourth-order valence-corrected chi connectivity index (χ4v) is 11.0. The van der Waals surface area contributed by atoms with Gasteiger partial charge < -0.3 is 0 Å². The van der Waals surface area contributed by atoms with Gasteiger partial charge in [-0.05, 0) is 142 Å². The van der Waals surface area contributed by atoms with Crippen LogP contribution in [0.5, 0.6) is 0 Å². The summed E-state index contributed by atoms with van der Waals surface area (Å²) in [5.74, 6) is 0.611. The minimum Gasteiger partial charge on any atom is -0.0806 e. The second-order valence-electron chi connectivity index (χ2n) is 17.2. The van der Waals surface area contributed by atoms with Crippen LogP contribution >= 0.6 is 0 Å². The van der Waals surface area contributed by atoms with Crippen LogP contribution in [0.2, 0.25) is 0 Å². The van der Waals surface area contributed by atoms with Crippen molar-refractivity contribution in [2.75, 3.05) is 0 Å². The predicted molar refractivity (Wildman–Crippen MR) is 226 cm³/mol. The lowest BCUT2D eigenvalue weighted by molar-refractivity contribution is 0.660. The van der Waals surface area contributed by atoms with E-state index in [0.717, 1.165) is 0 Å². The highest BCUT2D eigenvalue weighted by atomic mass is 14.4. The quantitative estimate of drug-likeness (QED) is 0.130. The SMILES string of the molecule is Bc1cc(-c2ccc3c(c2)C(C)(C)c2ccccc2-3)c2ccc3c(C4CCCC4)cc(-c4ccc5c(c4)C(C)(C)c4ccccc4-5)c4ccc1c2c43. The average molecular weight is 667 g/mol. The Kier molecular flexibility index (Phi) is 6.14. The average Bonchev–Trinajstić information content (AvgIpc) is 3.84. The predicted octanol–water partition coefficient (Wildman–Crippen LogP) is 12.4. The highest BCUT2D eigenvalue weighted by molar-refractivity contribution is 6.43. The molecule has 1 saturated carbocycles. The fourth-order valence-electron chi connectivity index (χ4n) is 11.0. The van der Waals surface area contributed by atoms with Crippen LogP contribution in [-0.2, 0) is 10.8 Å². The molecular weight excluding hydrogens is 623 g/mol. The summed E-state index contributed by atoms with van der Waals surface area (Å²) in [7, 11) is 2.32. The molecule has 3 aliphatic carbocycles. The van der Waals surface area contributed by atoms with Crippen molar-refractivity contribution in [1.82, 2.24) is 0 Å². The van der Waals surface area contributed by atoms with E-state index in [0.29, 0.717) is 5.92 Å². The van der Waals surface area contributed by atoms with Gasteiger partial charge in [-0.25, -0.2) is 0 Å². The number of hydrogen-bond acceptors (Lipinski definition) is 0. The summed E-state index contributed by atoms with van der Waals surface area (Å²) in [5.41, 5.74) is 19.5. The van der Waals surface area contributed by atoms with Gasteiger partial charge >= 0.3 is 0 Å². The minimum atomic E-state index is -0.0301. The van der Waals surface area contributed by atoms with E-state index in [2.05, 4.69) is 157 Å². The molecule has 0 amide bonds. The van der Waals surface area contributed by atoms with Gasteiger partial charge in [-0.3, -0.25) is 0 Å². The molecule has 0 aromatic heterocycles. The van der Waals surface area contributed by atoms with Gasteiger partial charge in [-0.1, -0.05) is 149 Å². The van der Waals surface area contributed by atoms with Gasteiger partial charge in [-0.15, -0.1) is 0 Å². The van der Waals surface area contributed by atoms with Gasteiger partial charge in [0.25, 0.3) is 0 Å². The van der Waals surface area contributed by atoms with E-state index in [1.54, 1.807) is 5.56 Å². The summed E-state index contributed by atoms with van der Waals surface area (Å²) in [6.07, 6.45) is 5.23. The third kappa shape index (κ3) is 3.95. The molecule has 1 fully saturated rings. The zero-order valence-corrected chi connectivity index (χ0v) is 31.0. The zero-order chi connectivity index (χ0) is 35.1. The topological polar surface area (TPSA) is 0 Å². The first-order valence-corrected chi connectivity index (χ1v) is 19.5. The Hall–Kier alpha value is -5.14. The fraction of sp³-hybridized carbons (Fsp3) is 0.216. The lowest BCUT2D eigenvalue weighted by Crippen LogP contribution is -2.15. The molecule has 0 radical (unpaired) electrons. The lowest BCUT2D eigenvalue weighted by atomic mass is 9.77. The Morgan fingerprint density at radius 1 is 0.442 bits per heavy atom. The second kappa shape index (κ2) is 10.5. The van der Waals surface area contributed by atoms with Crippen LogP contribution in [0.25, 0.3) is 76.8 Å². The molecule has 8 aromatic carbocycles. The third-order valence-electron chi connectivity index (χ3n) is 13.7. The standard InChI is InChI=1S/C51H43B/c1-50(2)43-15-9-7-13-32(43)34-19-17-30(25-45(34)50)41-27-40(29-11-5-6-12-29)36-21-22-38-42(28-47(52)39-24-23-37(41)48(36)49(38)39)31-18-20-35-33-14-8-10-16-44(33)51(3,4)46(35)26-31/h7-10,13-29H,5-6,11-12,52H2,1-4H3. The molecule has 0 unspecified atom stereocenters. The first kappa shape index (κ1) is 30.5. The van der Waals surface area contributed by atoms with Crippen molar-refractivity contribution in [2.45, 2.75) is 70.1 Å². The summed E-state index contributed by atoms with van der Waals surface area (Å²) in [6.45, 7) is 9.58. The van der Waals surface area contributed by atoms with E-state index in [1.165, 1.54) is 130 Å². The molecule has 0 aliphatic heterocycles. The maximum atomic E-state index is 2.60. The molecule has 0 N–H and O–H groups in total. The van der Waals surface area contributed by atoms with Crippen molar-refractivity contribution in [2.24, 2.45) is 0 Å². The number of rotatable bonds is 3. The van der Waals surface area contributed by atoms with Crippen LogP contribution in [-0.4, -0.2) is 7.85 Å². The van der Waals surface area contributed by atoms with E-state index < -0.39 is 0 Å². The maximum Gasteiger partial charge on any atom is 0.140 e. The molecule has 0 atom stereocenters. The van der Waals surface area contributed by atoms with Crippen LogP contribution in [0.3, 0.4) is 0 Å². The minimum absolute atomic E-state index is 0.0299. The summed E-state index contributed by atoms with van der Waals surface area (Å²) < 4.78 is 0. The van der Waals surface area contributed by atoms with Crippen molar-refractivity contribution in [3.8, 4) is 44.5 Å². The Bertz CT molecular complexity index is 2810. The Balaban J connectivity index is 1.17. The van der Waals surface area contributed by atoms with Gasteiger partial charge in [-0.2, -0.15) is 0 Å². The molecule has 0 bridgehead atoms. The number of benzene rings is 8. The van der Waals surface area contributed by atoms with Crippen LogP contribution < -0.4 is 5.46 Å². The molecule has 0 nitrogen and oxygen atoms in total. The molecule has 0 heterocycles. The van der Waals surface area contributed by atoms with Crippen molar-refractivity contribution in [3.63, 3.8) is 0 Å². The third-order valence-corrected chi connectivity index (χ3v) is 13.7. The largest absolute Gasteiger partial charge is 0.140 e. The first-order chi connectivity index (χ1) is 25.2. The summed E-state index contributed by atoms with van der Waals surface area (Å²) in [6, 6.07) is 47.4. The summed E-state index contributed by atoms with van der Waals surface area (Å²) in [4.78, 5) is 0. The molecular formula is C51H43B. The van der Waals surface area contributed by atoms with Gasteiger partial charge in [0.05, 0.1) is 0 Å². The Labute approximate surface area is 308 Å². The number of fused-ring (bicyclic) bond motifs is 6. The second-order valence-corrected chi connectivity index (χ2v) is 17.2. The highest BCUT2D eigenvalue weighted by Gasteiger charge is 2.37. The number of hydrogen-bond donors (Lipinski definition) is 0. The molecule has 1 heteroatoms. The zero-order valence-electron chi connectivity index (χ0n) is 31.0. The highest BCUT2D eigenvalue weighted by Crippen LogP contribution is 2.53. The lowest BCUT2D eigenvalue weighted by Gasteiger charge is -2.24. The molecule has 8 aromatic rings. The first-order valence-electron chi connectivity index (χ1n) is 19.5. The van der Waals surface area contributed by atoms with Crippen LogP contribution in [0, 0.1) is 0 Å². The molecule has 0 saturated heterocycles. The van der Waals surface area contributed by atoms with Crippen molar-refractivity contribution in [1.29, 1.82) is 0 Å². The Morgan fingerprint density at radius 3 is 1.48 bits per heavy atom. The molecule has 3 aliphatic rings. The van der Waals surface area contributed by atoms with Gasteiger partial charge in [0.2, 0.25) is 0 Å². The molecule has 11 rings (SSSR count). The van der Waals surface area contributed by atoms with Crippen LogP contribution in [0.4, 0.5) is 0 Å². The summed E-state index contributed by atoms with van der Waals surface area (Å²) in [5, 5.41) is 8.47. The van der Waals surface area contributed by atoms with Crippen molar-refractivity contribution >= 4 is 45.6 Å². The van der Waals surface area contributed by atoms with E-state index in [4.69, 9.17) is 0 Å². The van der Waals surface area contributed by atoms with Crippen LogP contribution in [0.1, 0.15) is 87.1 Å². The van der Waals surface area contributed by atoms with Gasteiger partial charge in [0, 0.05) is 10.8 Å². The van der Waals surface area contributed by atoms with Crippen molar-refractivity contribution in [3.05, 3.63) is 149 Å². The van der Waals surface area contributed by atoms with E-state index in [-0.39, 0.29) is 10.8 Å². The van der Waals surface area contributed by atoms with E-state index in [1.807, 2.05) is 0 Å². The monoisotopic (exact) mass is 666 g/mol. The normalized spacial score (nSPS) is 16.8. The molecule has 52 heavy (non-hydrogen) atoms. The molecule has 250 valence electrons. The van der Waals surface area contributed by atoms with Crippen molar-refractivity contribution < 1.29 is 0 Å². The van der Waals surface area contributed by atoms with E-state index in [9.17, 15) is 0 Å². The van der Waals surface area contributed by atoms with E-state index >= 15 is 0 Å². The van der Waals surface area contributed by atoms with Gasteiger partial charge in [0.1, 0.15) is 7.85 Å².